The number of rotatable bonds is 4. The van der Waals surface area contributed by atoms with Crippen LogP contribution in [-0.2, 0) is 10.5 Å². The van der Waals surface area contributed by atoms with Crippen molar-refractivity contribution in [2.24, 2.45) is 0 Å². The van der Waals surface area contributed by atoms with Crippen LogP contribution in [0.5, 0.6) is 0 Å². The Morgan fingerprint density at radius 3 is 2.42 bits per heavy atom. The Labute approximate surface area is 117 Å². The lowest BCUT2D eigenvalue weighted by Crippen LogP contribution is -2.31. The smallest absolute Gasteiger partial charge is 0.232 e. The summed E-state index contributed by atoms with van der Waals surface area (Å²) in [6, 6.07) is 8.25. The van der Waals surface area contributed by atoms with Crippen LogP contribution in [0.4, 0.5) is 0 Å². The number of aryl methyl sites for hydroxylation is 1. The van der Waals surface area contributed by atoms with Crippen molar-refractivity contribution < 1.29 is 15.0 Å². The molecule has 0 aromatic heterocycles. The van der Waals surface area contributed by atoms with Gasteiger partial charge in [-0.2, -0.15) is 0 Å². The normalized spacial score (nSPS) is 22.8. The highest BCUT2D eigenvalue weighted by Gasteiger charge is 2.32. The summed E-state index contributed by atoms with van der Waals surface area (Å²) in [5.74, 6) is 1.16. The maximum absolute atomic E-state index is 11.9. The van der Waals surface area contributed by atoms with Gasteiger partial charge in [0.2, 0.25) is 5.91 Å². The zero-order valence-corrected chi connectivity index (χ0v) is 11.8. The van der Waals surface area contributed by atoms with Gasteiger partial charge in [0, 0.05) is 18.8 Å². The summed E-state index contributed by atoms with van der Waals surface area (Å²) in [5, 5.41) is 18.8. The first kappa shape index (κ1) is 14.4. The number of β-amino-alcohol motifs (C(OH)–C–C–N with tert-alkyl or cyclic N) is 2. The topological polar surface area (TPSA) is 60.8 Å². The van der Waals surface area contributed by atoms with Crippen LogP contribution in [0.1, 0.15) is 11.1 Å². The molecule has 1 aromatic rings. The van der Waals surface area contributed by atoms with Crippen LogP contribution in [0.15, 0.2) is 24.3 Å². The van der Waals surface area contributed by atoms with E-state index in [4.69, 9.17) is 0 Å². The Bertz CT molecular complexity index is 425. The number of thioether (sulfide) groups is 1. The fourth-order valence-corrected chi connectivity index (χ4v) is 2.89. The second-order valence-corrected chi connectivity index (χ2v) is 5.90. The fraction of sp³-hybridized carbons (Fsp3) is 0.500. The molecule has 4 nitrogen and oxygen atoms in total. The number of hydrogen-bond acceptors (Lipinski definition) is 4. The molecule has 1 aliphatic heterocycles. The molecule has 2 atom stereocenters. The summed E-state index contributed by atoms with van der Waals surface area (Å²) >= 11 is 1.56. The molecule has 5 heteroatoms. The lowest BCUT2D eigenvalue weighted by atomic mass is 10.2. The Kier molecular flexibility index (Phi) is 4.85. The minimum atomic E-state index is -0.800. The number of nitrogens with zero attached hydrogens (tertiary/aromatic N) is 1. The third kappa shape index (κ3) is 3.96. The van der Waals surface area contributed by atoms with Gasteiger partial charge in [-0.05, 0) is 12.5 Å². The first-order valence-electron chi connectivity index (χ1n) is 6.33. The lowest BCUT2D eigenvalue weighted by molar-refractivity contribution is -0.127. The van der Waals surface area contributed by atoms with Gasteiger partial charge in [-0.1, -0.05) is 29.8 Å². The molecular formula is C14H19NO3S. The number of likely N-dealkylation sites (tertiary alicyclic amines) is 1. The quantitative estimate of drug-likeness (QED) is 0.857. The molecule has 0 spiro atoms. The van der Waals surface area contributed by atoms with Crippen molar-refractivity contribution in [1.29, 1.82) is 0 Å². The van der Waals surface area contributed by atoms with Crippen LogP contribution in [0.25, 0.3) is 0 Å². The molecule has 1 amide bonds. The number of carbonyl (C=O) groups is 1. The number of amides is 1. The van der Waals surface area contributed by atoms with Crippen LogP contribution >= 0.6 is 11.8 Å². The highest BCUT2D eigenvalue weighted by Crippen LogP contribution is 2.16. The molecule has 2 N–H and O–H groups in total. The van der Waals surface area contributed by atoms with Gasteiger partial charge >= 0.3 is 0 Å². The van der Waals surface area contributed by atoms with E-state index < -0.39 is 12.2 Å². The van der Waals surface area contributed by atoms with E-state index in [2.05, 4.69) is 24.3 Å². The molecule has 0 bridgehead atoms. The molecule has 1 aromatic carbocycles. The highest BCUT2D eigenvalue weighted by molar-refractivity contribution is 7.99. The Morgan fingerprint density at radius 2 is 1.84 bits per heavy atom. The standard InChI is InChI=1S/C14H19NO3S/c1-10-2-4-11(5-3-10)8-19-9-14(18)15-6-12(16)13(17)7-15/h2-5,12-13,16-17H,6-9H2,1H3. The minimum Gasteiger partial charge on any atom is -0.388 e. The molecule has 1 saturated heterocycles. The molecule has 19 heavy (non-hydrogen) atoms. The average molecular weight is 281 g/mol. The minimum absolute atomic E-state index is 0.0206. The Morgan fingerprint density at radius 1 is 1.26 bits per heavy atom. The molecule has 0 aliphatic carbocycles. The van der Waals surface area contributed by atoms with E-state index in [0.717, 1.165) is 5.75 Å². The van der Waals surface area contributed by atoms with Gasteiger partial charge in [-0.3, -0.25) is 4.79 Å². The number of benzene rings is 1. The first-order chi connectivity index (χ1) is 9.06. The lowest BCUT2D eigenvalue weighted by Gasteiger charge is -2.14. The maximum Gasteiger partial charge on any atom is 0.232 e. The van der Waals surface area contributed by atoms with Gasteiger partial charge in [0.05, 0.1) is 18.0 Å². The molecule has 1 heterocycles. The van der Waals surface area contributed by atoms with Crippen LogP contribution in [-0.4, -0.2) is 52.1 Å². The van der Waals surface area contributed by atoms with Gasteiger partial charge in [-0.25, -0.2) is 0 Å². The van der Waals surface area contributed by atoms with Crippen molar-refractivity contribution in [3.05, 3.63) is 35.4 Å². The molecule has 1 aliphatic rings. The van der Waals surface area contributed by atoms with Crippen molar-refractivity contribution >= 4 is 17.7 Å². The average Bonchev–Trinajstić information content (AvgIpc) is 2.72. The number of aliphatic hydroxyl groups excluding tert-OH is 2. The maximum atomic E-state index is 11.9. The van der Waals surface area contributed by atoms with Crippen LogP contribution in [0, 0.1) is 6.92 Å². The summed E-state index contributed by atoms with van der Waals surface area (Å²) < 4.78 is 0. The van der Waals surface area contributed by atoms with E-state index in [0.29, 0.717) is 5.75 Å². The third-order valence-corrected chi connectivity index (χ3v) is 4.22. The van der Waals surface area contributed by atoms with E-state index >= 15 is 0 Å². The third-order valence-electron chi connectivity index (χ3n) is 3.23. The van der Waals surface area contributed by atoms with E-state index in [1.54, 1.807) is 11.8 Å². The largest absolute Gasteiger partial charge is 0.388 e. The Hall–Kier alpha value is -1.04. The van der Waals surface area contributed by atoms with Gasteiger partial charge in [0.15, 0.2) is 0 Å². The van der Waals surface area contributed by atoms with E-state index in [1.807, 2.05) is 6.92 Å². The number of carbonyl (C=O) groups excluding carboxylic acids is 1. The Balaban J connectivity index is 1.74. The fourth-order valence-electron chi connectivity index (χ4n) is 2.00. The highest BCUT2D eigenvalue weighted by atomic mass is 32.2. The number of hydrogen-bond donors (Lipinski definition) is 2. The molecule has 2 unspecified atom stereocenters. The van der Waals surface area contributed by atoms with Crippen molar-refractivity contribution in [3.63, 3.8) is 0 Å². The predicted molar refractivity (Wildman–Crippen MR) is 75.9 cm³/mol. The summed E-state index contributed by atoms with van der Waals surface area (Å²) in [6.07, 6.45) is -1.60. The van der Waals surface area contributed by atoms with E-state index in [9.17, 15) is 15.0 Å². The number of aliphatic hydroxyl groups is 2. The van der Waals surface area contributed by atoms with Gasteiger partial charge in [0.1, 0.15) is 0 Å². The van der Waals surface area contributed by atoms with Crippen LogP contribution < -0.4 is 0 Å². The van der Waals surface area contributed by atoms with Crippen LogP contribution in [0.3, 0.4) is 0 Å². The van der Waals surface area contributed by atoms with Gasteiger partial charge in [-0.15, -0.1) is 11.8 Å². The SMILES string of the molecule is Cc1ccc(CSCC(=O)N2CC(O)C(O)C2)cc1. The van der Waals surface area contributed by atoms with Gasteiger partial charge < -0.3 is 15.1 Å². The van der Waals surface area contributed by atoms with Gasteiger partial charge in [0.25, 0.3) is 0 Å². The second kappa shape index (κ2) is 6.41. The van der Waals surface area contributed by atoms with Crippen molar-refractivity contribution in [2.45, 2.75) is 24.9 Å². The van der Waals surface area contributed by atoms with E-state index in [1.165, 1.54) is 16.0 Å². The first-order valence-corrected chi connectivity index (χ1v) is 7.49. The monoisotopic (exact) mass is 281 g/mol. The second-order valence-electron chi connectivity index (χ2n) is 4.91. The molecule has 2 rings (SSSR count). The van der Waals surface area contributed by atoms with E-state index in [-0.39, 0.29) is 19.0 Å². The van der Waals surface area contributed by atoms with Crippen LogP contribution in [0.2, 0.25) is 0 Å². The molecular weight excluding hydrogens is 262 g/mol. The molecule has 0 radical (unpaired) electrons. The zero-order valence-electron chi connectivity index (χ0n) is 11.0. The molecule has 104 valence electrons. The summed E-state index contributed by atoms with van der Waals surface area (Å²) in [7, 11) is 0. The van der Waals surface area contributed by atoms with Crippen molar-refractivity contribution in [3.8, 4) is 0 Å². The molecule has 1 fully saturated rings. The molecule has 0 saturated carbocycles. The summed E-state index contributed by atoms with van der Waals surface area (Å²) in [6.45, 7) is 2.53. The van der Waals surface area contributed by atoms with Crippen molar-refractivity contribution in [2.75, 3.05) is 18.8 Å². The summed E-state index contributed by atoms with van der Waals surface area (Å²) in [4.78, 5) is 13.4. The summed E-state index contributed by atoms with van der Waals surface area (Å²) in [5.41, 5.74) is 2.43. The van der Waals surface area contributed by atoms with Crippen molar-refractivity contribution in [1.82, 2.24) is 4.90 Å². The predicted octanol–water partition coefficient (Wildman–Crippen LogP) is 0.792. The zero-order chi connectivity index (χ0) is 13.8.